The standard InChI is InChI=1S/C20H42ClNO2/c1-4-6-7-8-9-10-11-12-13-14-17-23-19-20(24-5-2)18-22(3)16-15-21/h20H,4-19H2,1-3H3. The van der Waals surface area contributed by atoms with Gasteiger partial charge in [0, 0.05) is 32.2 Å². The highest BCUT2D eigenvalue weighted by Crippen LogP contribution is 2.10. The monoisotopic (exact) mass is 363 g/mol. The van der Waals surface area contributed by atoms with E-state index in [1.165, 1.54) is 64.2 Å². The molecule has 0 saturated carbocycles. The van der Waals surface area contributed by atoms with Gasteiger partial charge in [0.05, 0.1) is 12.7 Å². The summed E-state index contributed by atoms with van der Waals surface area (Å²) in [4.78, 5) is 2.21. The maximum Gasteiger partial charge on any atom is 0.0934 e. The zero-order chi connectivity index (χ0) is 17.9. The van der Waals surface area contributed by atoms with Crippen molar-refractivity contribution in [1.29, 1.82) is 0 Å². The first-order valence-corrected chi connectivity index (χ1v) is 10.7. The molecule has 0 amide bonds. The Balaban J connectivity index is 3.42. The van der Waals surface area contributed by atoms with Gasteiger partial charge in [-0.25, -0.2) is 0 Å². The number of ether oxygens (including phenoxy) is 2. The van der Waals surface area contributed by atoms with Gasteiger partial charge in [0.15, 0.2) is 0 Å². The molecule has 0 aromatic heterocycles. The van der Waals surface area contributed by atoms with E-state index < -0.39 is 0 Å². The number of likely N-dealkylation sites (N-methyl/N-ethyl adjacent to an activating group) is 1. The number of halogens is 1. The number of unbranched alkanes of at least 4 members (excludes halogenated alkanes) is 9. The van der Waals surface area contributed by atoms with Gasteiger partial charge in [0.2, 0.25) is 0 Å². The van der Waals surface area contributed by atoms with E-state index in [-0.39, 0.29) is 6.10 Å². The van der Waals surface area contributed by atoms with Crippen LogP contribution in [-0.2, 0) is 9.47 Å². The van der Waals surface area contributed by atoms with Crippen LogP contribution in [0.1, 0.15) is 78.1 Å². The summed E-state index contributed by atoms with van der Waals surface area (Å²) in [6.45, 7) is 8.38. The highest BCUT2D eigenvalue weighted by Gasteiger charge is 2.11. The molecule has 0 saturated heterocycles. The number of hydrogen-bond donors (Lipinski definition) is 0. The third-order valence-electron chi connectivity index (χ3n) is 4.33. The van der Waals surface area contributed by atoms with Crippen molar-refractivity contribution in [1.82, 2.24) is 4.90 Å². The van der Waals surface area contributed by atoms with E-state index in [1.807, 2.05) is 6.92 Å². The first-order chi connectivity index (χ1) is 11.7. The Kier molecular flexibility index (Phi) is 19.6. The zero-order valence-corrected chi connectivity index (χ0v) is 17.3. The Hall–Kier alpha value is 0.170. The second kappa shape index (κ2) is 19.5. The zero-order valence-electron chi connectivity index (χ0n) is 16.5. The maximum absolute atomic E-state index is 5.81. The molecule has 24 heavy (non-hydrogen) atoms. The Labute approximate surface area is 156 Å². The normalized spacial score (nSPS) is 12.9. The van der Waals surface area contributed by atoms with Crippen molar-refractivity contribution in [2.45, 2.75) is 84.2 Å². The van der Waals surface area contributed by atoms with E-state index in [9.17, 15) is 0 Å². The fourth-order valence-corrected chi connectivity index (χ4v) is 3.17. The lowest BCUT2D eigenvalue weighted by atomic mass is 10.1. The molecule has 0 N–H and O–H groups in total. The second-order valence-corrected chi connectivity index (χ2v) is 7.16. The lowest BCUT2D eigenvalue weighted by molar-refractivity contribution is -0.0250. The maximum atomic E-state index is 5.81. The van der Waals surface area contributed by atoms with E-state index in [0.29, 0.717) is 12.5 Å². The van der Waals surface area contributed by atoms with Crippen LogP contribution in [-0.4, -0.2) is 56.8 Å². The molecule has 1 unspecified atom stereocenters. The smallest absolute Gasteiger partial charge is 0.0934 e. The molecule has 0 rings (SSSR count). The Morgan fingerprint density at radius 2 is 1.46 bits per heavy atom. The van der Waals surface area contributed by atoms with Gasteiger partial charge in [-0.05, 0) is 20.4 Å². The second-order valence-electron chi connectivity index (χ2n) is 6.79. The highest BCUT2D eigenvalue weighted by molar-refractivity contribution is 6.18. The van der Waals surface area contributed by atoms with Crippen LogP contribution >= 0.6 is 11.6 Å². The molecule has 1 atom stereocenters. The highest BCUT2D eigenvalue weighted by atomic mass is 35.5. The van der Waals surface area contributed by atoms with Crippen LogP contribution in [0.4, 0.5) is 0 Å². The molecule has 0 fully saturated rings. The first kappa shape index (κ1) is 24.2. The van der Waals surface area contributed by atoms with Crippen molar-refractivity contribution >= 4 is 11.6 Å². The van der Waals surface area contributed by atoms with Crippen molar-refractivity contribution in [3.05, 3.63) is 0 Å². The van der Waals surface area contributed by atoms with Gasteiger partial charge in [-0.15, -0.1) is 11.6 Å². The third kappa shape index (κ3) is 17.0. The van der Waals surface area contributed by atoms with Crippen LogP contribution < -0.4 is 0 Å². The van der Waals surface area contributed by atoms with Crippen molar-refractivity contribution in [2.24, 2.45) is 0 Å². The minimum atomic E-state index is 0.159. The van der Waals surface area contributed by atoms with Gasteiger partial charge < -0.3 is 14.4 Å². The Bertz CT molecular complexity index is 242. The van der Waals surface area contributed by atoms with Crippen LogP contribution in [0.25, 0.3) is 0 Å². The summed E-state index contributed by atoms with van der Waals surface area (Å²) in [6.07, 6.45) is 13.8. The Morgan fingerprint density at radius 3 is 2.00 bits per heavy atom. The summed E-state index contributed by atoms with van der Waals surface area (Å²) in [5, 5.41) is 0. The van der Waals surface area contributed by atoms with E-state index in [2.05, 4.69) is 18.9 Å². The minimum absolute atomic E-state index is 0.159. The predicted molar refractivity (Wildman–Crippen MR) is 106 cm³/mol. The third-order valence-corrected chi connectivity index (χ3v) is 4.50. The summed E-state index contributed by atoms with van der Waals surface area (Å²) < 4.78 is 11.6. The van der Waals surface area contributed by atoms with Gasteiger partial charge in [-0.3, -0.25) is 0 Å². The van der Waals surface area contributed by atoms with E-state index in [4.69, 9.17) is 21.1 Å². The summed E-state index contributed by atoms with van der Waals surface area (Å²) in [6, 6.07) is 0. The number of hydrogen-bond acceptors (Lipinski definition) is 3. The van der Waals surface area contributed by atoms with Crippen LogP contribution in [0.15, 0.2) is 0 Å². The van der Waals surface area contributed by atoms with Crippen molar-refractivity contribution < 1.29 is 9.47 Å². The fraction of sp³-hybridized carbons (Fsp3) is 1.00. The molecule has 0 bridgehead atoms. The fourth-order valence-electron chi connectivity index (χ4n) is 2.88. The van der Waals surface area contributed by atoms with Gasteiger partial charge in [-0.2, -0.15) is 0 Å². The number of alkyl halides is 1. The van der Waals surface area contributed by atoms with Gasteiger partial charge in [0.1, 0.15) is 0 Å². The predicted octanol–water partition coefficient (Wildman–Crippen LogP) is 5.50. The molecule has 0 radical (unpaired) electrons. The van der Waals surface area contributed by atoms with E-state index >= 15 is 0 Å². The molecular formula is C20H42ClNO2. The Morgan fingerprint density at radius 1 is 0.875 bits per heavy atom. The van der Waals surface area contributed by atoms with Gasteiger partial charge >= 0.3 is 0 Å². The molecule has 0 aliphatic heterocycles. The average molecular weight is 364 g/mol. The van der Waals surface area contributed by atoms with Crippen LogP contribution in [0.2, 0.25) is 0 Å². The molecule has 146 valence electrons. The molecular weight excluding hydrogens is 322 g/mol. The lowest BCUT2D eigenvalue weighted by Gasteiger charge is -2.23. The number of rotatable bonds is 19. The van der Waals surface area contributed by atoms with Crippen molar-refractivity contribution in [3.8, 4) is 0 Å². The van der Waals surface area contributed by atoms with E-state index in [1.54, 1.807) is 0 Å². The molecule has 0 spiro atoms. The summed E-state index contributed by atoms with van der Waals surface area (Å²) >= 11 is 5.77. The molecule has 4 heteroatoms. The molecule has 0 heterocycles. The van der Waals surface area contributed by atoms with Gasteiger partial charge in [-0.1, -0.05) is 64.7 Å². The topological polar surface area (TPSA) is 21.7 Å². The van der Waals surface area contributed by atoms with Crippen LogP contribution in [0.3, 0.4) is 0 Å². The molecule has 0 aromatic carbocycles. The SMILES string of the molecule is CCCCCCCCCCCCOCC(CN(C)CCCl)OCC. The first-order valence-electron chi connectivity index (χ1n) is 10.2. The number of nitrogens with zero attached hydrogens (tertiary/aromatic N) is 1. The summed E-state index contributed by atoms with van der Waals surface area (Å²) in [5.74, 6) is 0.662. The minimum Gasteiger partial charge on any atom is -0.379 e. The molecule has 0 aliphatic carbocycles. The molecule has 3 nitrogen and oxygen atoms in total. The largest absolute Gasteiger partial charge is 0.379 e. The molecule has 0 aliphatic rings. The van der Waals surface area contributed by atoms with Gasteiger partial charge in [0.25, 0.3) is 0 Å². The van der Waals surface area contributed by atoms with E-state index in [0.717, 1.165) is 26.3 Å². The summed E-state index contributed by atoms with van der Waals surface area (Å²) in [7, 11) is 2.08. The van der Waals surface area contributed by atoms with Crippen molar-refractivity contribution in [3.63, 3.8) is 0 Å². The van der Waals surface area contributed by atoms with Crippen LogP contribution in [0.5, 0.6) is 0 Å². The summed E-state index contributed by atoms with van der Waals surface area (Å²) in [5.41, 5.74) is 0. The average Bonchev–Trinajstić information content (AvgIpc) is 2.56. The van der Waals surface area contributed by atoms with Crippen molar-refractivity contribution in [2.75, 3.05) is 45.8 Å². The lowest BCUT2D eigenvalue weighted by Crippen LogP contribution is -2.35. The van der Waals surface area contributed by atoms with Crippen LogP contribution in [0, 0.1) is 0 Å². The molecule has 0 aromatic rings. The quantitative estimate of drug-likeness (QED) is 0.223.